The smallest absolute Gasteiger partial charge is 0.248 e. The minimum absolute atomic E-state index is 0.161. The summed E-state index contributed by atoms with van der Waals surface area (Å²) >= 11 is 0. The lowest BCUT2D eigenvalue weighted by Gasteiger charge is -2.23. The first-order valence-corrected chi connectivity index (χ1v) is 10.7. The number of nitrogens with zero attached hydrogens (tertiary/aromatic N) is 1. The van der Waals surface area contributed by atoms with Gasteiger partial charge in [0.15, 0.2) is 0 Å². The molecular weight excluding hydrogens is 378 g/mol. The van der Waals surface area contributed by atoms with Gasteiger partial charge in [0, 0.05) is 24.2 Å². The Hall–Kier alpha value is -2.87. The van der Waals surface area contributed by atoms with Gasteiger partial charge in [0.05, 0.1) is 11.9 Å². The maximum atomic E-state index is 12.2. The largest absolute Gasteiger partial charge is 0.366 e. The molecular formula is C20H25N3O4S. The van der Waals surface area contributed by atoms with Crippen molar-refractivity contribution in [1.82, 2.24) is 0 Å². The maximum Gasteiger partial charge on any atom is 0.248 e. The number of primary amides is 1. The molecule has 28 heavy (non-hydrogen) atoms. The van der Waals surface area contributed by atoms with Crippen molar-refractivity contribution in [2.45, 2.75) is 26.7 Å². The van der Waals surface area contributed by atoms with Crippen LogP contribution in [0.2, 0.25) is 0 Å². The lowest BCUT2D eigenvalue weighted by Crippen LogP contribution is -2.31. The molecule has 0 spiro atoms. The molecule has 0 bridgehead atoms. The third-order valence-corrected chi connectivity index (χ3v) is 5.59. The van der Waals surface area contributed by atoms with Crippen molar-refractivity contribution < 1.29 is 18.0 Å². The van der Waals surface area contributed by atoms with Gasteiger partial charge in [-0.05, 0) is 67.8 Å². The Morgan fingerprint density at radius 2 is 1.68 bits per heavy atom. The molecule has 0 atom stereocenters. The molecule has 0 unspecified atom stereocenters. The third kappa shape index (κ3) is 5.82. The second-order valence-electron chi connectivity index (χ2n) is 6.70. The summed E-state index contributed by atoms with van der Waals surface area (Å²) in [6, 6.07) is 11.7. The van der Waals surface area contributed by atoms with Gasteiger partial charge < -0.3 is 11.1 Å². The molecule has 0 saturated carbocycles. The van der Waals surface area contributed by atoms with Crippen molar-refractivity contribution in [1.29, 1.82) is 0 Å². The average molecular weight is 404 g/mol. The predicted octanol–water partition coefficient (Wildman–Crippen LogP) is 2.59. The van der Waals surface area contributed by atoms with E-state index in [-0.39, 0.29) is 18.9 Å². The van der Waals surface area contributed by atoms with Crippen molar-refractivity contribution in [2.75, 3.05) is 22.4 Å². The van der Waals surface area contributed by atoms with Gasteiger partial charge in [0.1, 0.15) is 0 Å². The van der Waals surface area contributed by atoms with Crippen LogP contribution in [0, 0.1) is 13.8 Å². The van der Waals surface area contributed by atoms with Crippen molar-refractivity contribution in [2.24, 2.45) is 5.73 Å². The van der Waals surface area contributed by atoms with E-state index in [9.17, 15) is 18.0 Å². The SMILES string of the molecule is Cc1ccc(N(CCCC(=O)Nc2ccc(C(N)=O)cc2)S(C)(=O)=O)cc1C. The van der Waals surface area contributed by atoms with Crippen LogP contribution in [0.15, 0.2) is 42.5 Å². The Bertz CT molecular complexity index is 969. The zero-order chi connectivity index (χ0) is 20.9. The Labute approximate surface area is 165 Å². The molecule has 0 aliphatic heterocycles. The minimum atomic E-state index is -3.46. The Morgan fingerprint density at radius 1 is 1.04 bits per heavy atom. The molecule has 8 heteroatoms. The summed E-state index contributed by atoms with van der Waals surface area (Å²) in [7, 11) is -3.46. The quantitative estimate of drug-likeness (QED) is 0.706. The average Bonchev–Trinajstić information content (AvgIpc) is 2.60. The number of aryl methyl sites for hydroxylation is 2. The molecule has 0 radical (unpaired) electrons. The normalized spacial score (nSPS) is 11.1. The number of nitrogens with two attached hydrogens (primary N) is 1. The van der Waals surface area contributed by atoms with Crippen LogP contribution >= 0.6 is 0 Å². The van der Waals surface area contributed by atoms with Gasteiger partial charge in [-0.3, -0.25) is 13.9 Å². The van der Waals surface area contributed by atoms with Crippen LogP contribution in [-0.2, 0) is 14.8 Å². The van der Waals surface area contributed by atoms with E-state index < -0.39 is 15.9 Å². The topological polar surface area (TPSA) is 110 Å². The van der Waals surface area contributed by atoms with Gasteiger partial charge in [-0.1, -0.05) is 6.07 Å². The summed E-state index contributed by atoms with van der Waals surface area (Å²) in [5, 5.41) is 2.72. The molecule has 2 aromatic rings. The molecule has 2 rings (SSSR count). The summed E-state index contributed by atoms with van der Waals surface area (Å²) in [4.78, 5) is 23.2. The van der Waals surface area contributed by atoms with E-state index in [4.69, 9.17) is 5.73 Å². The fourth-order valence-corrected chi connectivity index (χ4v) is 3.65. The molecule has 0 aromatic heterocycles. The number of nitrogens with one attached hydrogen (secondary N) is 1. The molecule has 0 aliphatic rings. The number of benzene rings is 2. The zero-order valence-electron chi connectivity index (χ0n) is 16.2. The highest BCUT2D eigenvalue weighted by molar-refractivity contribution is 7.92. The van der Waals surface area contributed by atoms with E-state index in [2.05, 4.69) is 5.32 Å². The van der Waals surface area contributed by atoms with Crippen molar-refractivity contribution >= 4 is 33.2 Å². The number of carbonyl (C=O) groups is 2. The van der Waals surface area contributed by atoms with E-state index in [1.54, 1.807) is 18.2 Å². The third-order valence-electron chi connectivity index (χ3n) is 4.40. The number of hydrogen-bond donors (Lipinski definition) is 2. The second-order valence-corrected chi connectivity index (χ2v) is 8.60. The monoisotopic (exact) mass is 403 g/mol. The minimum Gasteiger partial charge on any atom is -0.366 e. The molecule has 0 fully saturated rings. The van der Waals surface area contributed by atoms with Crippen LogP contribution < -0.4 is 15.4 Å². The standard InChI is InChI=1S/C20H25N3O4S/c1-14-6-11-18(13-15(14)2)23(28(3,26)27)12-4-5-19(24)22-17-9-7-16(8-10-17)20(21)25/h6-11,13H,4-5,12H2,1-3H3,(H2,21,25)(H,22,24). The lowest BCUT2D eigenvalue weighted by atomic mass is 10.1. The summed E-state index contributed by atoms with van der Waals surface area (Å²) in [6.45, 7) is 4.09. The van der Waals surface area contributed by atoms with Gasteiger partial charge in [-0.2, -0.15) is 0 Å². The van der Waals surface area contributed by atoms with E-state index in [0.29, 0.717) is 23.4 Å². The fourth-order valence-electron chi connectivity index (χ4n) is 2.69. The van der Waals surface area contributed by atoms with Crippen LogP contribution in [0.25, 0.3) is 0 Å². The van der Waals surface area contributed by atoms with Crippen LogP contribution in [-0.4, -0.2) is 33.0 Å². The first-order valence-electron chi connectivity index (χ1n) is 8.82. The Morgan fingerprint density at radius 3 is 2.21 bits per heavy atom. The zero-order valence-corrected chi connectivity index (χ0v) is 17.0. The van der Waals surface area contributed by atoms with Crippen LogP contribution in [0.3, 0.4) is 0 Å². The summed E-state index contributed by atoms with van der Waals surface area (Å²) in [5.41, 5.74) is 8.76. The van der Waals surface area contributed by atoms with Gasteiger partial charge >= 0.3 is 0 Å². The highest BCUT2D eigenvalue weighted by atomic mass is 32.2. The molecule has 2 aromatic carbocycles. The summed E-state index contributed by atoms with van der Waals surface area (Å²) in [6.07, 6.45) is 1.68. The number of hydrogen-bond acceptors (Lipinski definition) is 4. The van der Waals surface area contributed by atoms with E-state index in [0.717, 1.165) is 17.4 Å². The number of anilines is 2. The van der Waals surface area contributed by atoms with E-state index >= 15 is 0 Å². The van der Waals surface area contributed by atoms with Crippen molar-refractivity contribution in [3.8, 4) is 0 Å². The van der Waals surface area contributed by atoms with Crippen LogP contribution in [0.1, 0.15) is 34.3 Å². The number of amides is 2. The van der Waals surface area contributed by atoms with Crippen LogP contribution in [0.4, 0.5) is 11.4 Å². The number of sulfonamides is 1. The van der Waals surface area contributed by atoms with E-state index in [1.807, 2.05) is 26.0 Å². The van der Waals surface area contributed by atoms with Gasteiger partial charge in [-0.15, -0.1) is 0 Å². The Balaban J connectivity index is 1.97. The highest BCUT2D eigenvalue weighted by Crippen LogP contribution is 2.22. The van der Waals surface area contributed by atoms with Crippen molar-refractivity contribution in [3.63, 3.8) is 0 Å². The van der Waals surface area contributed by atoms with Gasteiger partial charge in [0.2, 0.25) is 21.8 Å². The Kier molecular flexibility index (Phi) is 6.80. The summed E-state index contributed by atoms with van der Waals surface area (Å²) < 4.78 is 25.7. The molecule has 2 amide bonds. The van der Waals surface area contributed by atoms with Crippen LogP contribution in [0.5, 0.6) is 0 Å². The van der Waals surface area contributed by atoms with E-state index in [1.165, 1.54) is 16.4 Å². The predicted molar refractivity (Wildman–Crippen MR) is 111 cm³/mol. The molecule has 3 N–H and O–H groups in total. The number of carbonyl (C=O) groups excluding carboxylic acids is 2. The first kappa shape index (κ1) is 21.4. The van der Waals surface area contributed by atoms with Gasteiger partial charge in [0.25, 0.3) is 0 Å². The highest BCUT2D eigenvalue weighted by Gasteiger charge is 2.18. The first-order chi connectivity index (χ1) is 13.1. The summed E-state index contributed by atoms with van der Waals surface area (Å²) in [5.74, 6) is -0.773. The lowest BCUT2D eigenvalue weighted by molar-refractivity contribution is -0.116. The fraction of sp³-hybridized carbons (Fsp3) is 0.300. The molecule has 0 saturated heterocycles. The van der Waals surface area contributed by atoms with Gasteiger partial charge in [-0.25, -0.2) is 8.42 Å². The molecule has 150 valence electrons. The second kappa shape index (κ2) is 8.88. The molecule has 0 heterocycles. The molecule has 0 aliphatic carbocycles. The maximum absolute atomic E-state index is 12.2. The number of rotatable bonds is 8. The van der Waals surface area contributed by atoms with Crippen molar-refractivity contribution in [3.05, 3.63) is 59.2 Å². The molecule has 7 nitrogen and oxygen atoms in total.